The quantitative estimate of drug-likeness (QED) is 0.686. The van der Waals surface area contributed by atoms with Crippen LogP contribution in [0.4, 0.5) is 5.69 Å². The lowest BCUT2D eigenvalue weighted by molar-refractivity contribution is -0.386. The maximum atomic E-state index is 11.1. The van der Waals surface area contributed by atoms with Gasteiger partial charge in [-0.3, -0.25) is 15.1 Å². The second-order valence-corrected chi connectivity index (χ2v) is 4.08. The highest BCUT2D eigenvalue weighted by Gasteiger charge is 2.19. The van der Waals surface area contributed by atoms with Gasteiger partial charge in [0.2, 0.25) is 5.75 Å². The van der Waals surface area contributed by atoms with Crippen molar-refractivity contribution in [3.63, 3.8) is 0 Å². The Kier molecular flexibility index (Phi) is 3.81. The lowest BCUT2D eigenvalue weighted by Gasteiger charge is -2.09. The molecule has 1 aromatic carbocycles. The molecule has 1 heterocycles. The minimum absolute atomic E-state index is 0.0840. The van der Waals surface area contributed by atoms with Crippen LogP contribution in [0.2, 0.25) is 5.02 Å². The van der Waals surface area contributed by atoms with Crippen LogP contribution in [0.25, 0.3) is 0 Å². The minimum Gasteiger partial charge on any atom is -0.478 e. The Morgan fingerprint density at radius 2 is 2.10 bits per heavy atom. The summed E-state index contributed by atoms with van der Waals surface area (Å²) in [4.78, 5) is 24.9. The molecule has 0 unspecified atom stereocenters. The van der Waals surface area contributed by atoms with Gasteiger partial charge in [0.25, 0.3) is 0 Å². The van der Waals surface area contributed by atoms with Gasteiger partial charge in [-0.05, 0) is 12.1 Å². The molecule has 7 nitrogen and oxygen atoms in total. The second kappa shape index (κ2) is 5.54. The number of benzene rings is 1. The highest BCUT2D eigenvalue weighted by atomic mass is 35.5. The van der Waals surface area contributed by atoms with Crippen molar-refractivity contribution in [1.82, 2.24) is 4.98 Å². The Labute approximate surface area is 117 Å². The molecule has 1 aromatic heterocycles. The Morgan fingerprint density at radius 1 is 1.35 bits per heavy atom. The molecule has 0 bridgehead atoms. The third-order valence-electron chi connectivity index (χ3n) is 2.35. The first-order chi connectivity index (χ1) is 9.49. The molecule has 0 aliphatic rings. The highest BCUT2D eigenvalue weighted by Crippen LogP contribution is 2.33. The largest absolute Gasteiger partial charge is 0.478 e. The van der Waals surface area contributed by atoms with Crippen molar-refractivity contribution in [1.29, 1.82) is 0 Å². The number of carbonyl (C=O) groups is 1. The molecular weight excluding hydrogens is 288 g/mol. The molecule has 1 N–H and O–H groups in total. The molecule has 0 saturated heterocycles. The van der Waals surface area contributed by atoms with Crippen LogP contribution in [0.15, 0.2) is 36.7 Å². The summed E-state index contributed by atoms with van der Waals surface area (Å²) in [5, 5.41) is 20.1. The maximum absolute atomic E-state index is 11.1. The molecule has 2 aromatic rings. The van der Waals surface area contributed by atoms with E-state index in [9.17, 15) is 14.9 Å². The van der Waals surface area contributed by atoms with Crippen LogP contribution in [-0.4, -0.2) is 21.0 Å². The fourth-order valence-electron chi connectivity index (χ4n) is 1.47. The number of ether oxygens (including phenoxy) is 1. The van der Waals surface area contributed by atoms with Gasteiger partial charge in [-0.2, -0.15) is 0 Å². The first-order valence-electron chi connectivity index (χ1n) is 5.28. The van der Waals surface area contributed by atoms with Gasteiger partial charge in [-0.1, -0.05) is 11.6 Å². The fraction of sp³-hybridized carbons (Fsp3) is 0. The molecule has 0 amide bonds. The van der Waals surface area contributed by atoms with E-state index in [1.165, 1.54) is 30.5 Å². The normalized spacial score (nSPS) is 10.1. The van der Waals surface area contributed by atoms with E-state index in [-0.39, 0.29) is 27.8 Å². The molecule has 0 fully saturated rings. The average Bonchev–Trinajstić information content (AvgIpc) is 2.38. The van der Waals surface area contributed by atoms with E-state index in [0.717, 1.165) is 6.20 Å². The van der Waals surface area contributed by atoms with Gasteiger partial charge in [0.15, 0.2) is 0 Å². The van der Waals surface area contributed by atoms with E-state index in [1.54, 1.807) is 0 Å². The summed E-state index contributed by atoms with van der Waals surface area (Å²) in [5.74, 6) is -1.43. The van der Waals surface area contributed by atoms with E-state index in [4.69, 9.17) is 21.4 Å². The van der Waals surface area contributed by atoms with E-state index >= 15 is 0 Å². The standard InChI is InChI=1S/C12H7ClN2O5/c13-7-1-2-8(12(16)17)11(5-7)20-10-3-4-14-6-9(10)15(18)19/h1-6H,(H,16,17). The first-order valence-corrected chi connectivity index (χ1v) is 5.66. The molecule has 102 valence electrons. The number of carboxylic acids is 1. The van der Waals surface area contributed by atoms with Gasteiger partial charge in [-0.25, -0.2) is 4.79 Å². The summed E-state index contributed by atoms with van der Waals surface area (Å²) in [6.45, 7) is 0. The number of halogens is 1. The van der Waals surface area contributed by atoms with Crippen molar-refractivity contribution >= 4 is 23.3 Å². The van der Waals surface area contributed by atoms with Crippen molar-refractivity contribution < 1.29 is 19.6 Å². The zero-order chi connectivity index (χ0) is 14.7. The SMILES string of the molecule is O=C(O)c1ccc(Cl)cc1Oc1ccncc1[N+](=O)[O-]. The topological polar surface area (TPSA) is 103 Å². The molecule has 20 heavy (non-hydrogen) atoms. The summed E-state index contributed by atoms with van der Waals surface area (Å²) >= 11 is 5.77. The Hall–Kier alpha value is -2.67. The van der Waals surface area contributed by atoms with Gasteiger partial charge in [-0.15, -0.1) is 0 Å². The average molecular weight is 295 g/mol. The summed E-state index contributed by atoms with van der Waals surface area (Å²) < 4.78 is 5.30. The van der Waals surface area contributed by atoms with E-state index in [1.807, 2.05) is 0 Å². The molecule has 2 rings (SSSR count). The smallest absolute Gasteiger partial charge is 0.339 e. The number of carboxylic acid groups (broad SMARTS) is 1. The molecule has 0 spiro atoms. The van der Waals surface area contributed by atoms with Gasteiger partial charge < -0.3 is 9.84 Å². The van der Waals surface area contributed by atoms with Crippen molar-refractivity contribution in [2.75, 3.05) is 0 Å². The number of aromatic nitrogens is 1. The number of nitro groups is 1. The zero-order valence-electron chi connectivity index (χ0n) is 9.82. The Balaban J connectivity index is 2.47. The van der Waals surface area contributed by atoms with Crippen molar-refractivity contribution in [3.8, 4) is 11.5 Å². The highest BCUT2D eigenvalue weighted by molar-refractivity contribution is 6.30. The van der Waals surface area contributed by atoms with Crippen molar-refractivity contribution in [2.24, 2.45) is 0 Å². The van der Waals surface area contributed by atoms with Crippen LogP contribution in [0.3, 0.4) is 0 Å². The zero-order valence-corrected chi connectivity index (χ0v) is 10.6. The van der Waals surface area contributed by atoms with Gasteiger partial charge in [0.1, 0.15) is 17.5 Å². The minimum atomic E-state index is -1.23. The molecule has 8 heteroatoms. The number of pyridine rings is 1. The fourth-order valence-corrected chi connectivity index (χ4v) is 1.63. The van der Waals surface area contributed by atoms with E-state index < -0.39 is 10.9 Å². The number of rotatable bonds is 4. The van der Waals surface area contributed by atoms with Crippen LogP contribution < -0.4 is 4.74 Å². The lowest BCUT2D eigenvalue weighted by Crippen LogP contribution is -2.01. The van der Waals surface area contributed by atoms with Gasteiger partial charge in [0.05, 0.1) is 4.92 Å². The van der Waals surface area contributed by atoms with E-state index in [0.29, 0.717) is 0 Å². The van der Waals surface area contributed by atoms with Gasteiger partial charge >= 0.3 is 11.7 Å². The first kappa shape index (κ1) is 13.8. The van der Waals surface area contributed by atoms with Crippen LogP contribution >= 0.6 is 11.6 Å². The lowest BCUT2D eigenvalue weighted by atomic mass is 10.2. The van der Waals surface area contributed by atoms with Crippen LogP contribution in [0, 0.1) is 10.1 Å². The second-order valence-electron chi connectivity index (χ2n) is 3.65. The predicted octanol–water partition coefficient (Wildman–Crippen LogP) is 3.13. The summed E-state index contributed by atoms with van der Waals surface area (Å²) in [5.41, 5.74) is -0.524. The molecule has 0 aliphatic heterocycles. The summed E-state index contributed by atoms with van der Waals surface area (Å²) in [6.07, 6.45) is 2.31. The number of nitrogens with zero attached hydrogens (tertiary/aromatic N) is 2. The van der Waals surface area contributed by atoms with Gasteiger partial charge in [0, 0.05) is 23.4 Å². The molecule has 0 saturated carbocycles. The van der Waals surface area contributed by atoms with Crippen LogP contribution in [-0.2, 0) is 0 Å². The molecule has 0 radical (unpaired) electrons. The van der Waals surface area contributed by atoms with E-state index in [2.05, 4.69) is 4.98 Å². The van der Waals surface area contributed by atoms with Crippen molar-refractivity contribution in [3.05, 3.63) is 57.4 Å². The third kappa shape index (κ3) is 2.83. The van der Waals surface area contributed by atoms with Crippen molar-refractivity contribution in [2.45, 2.75) is 0 Å². The maximum Gasteiger partial charge on any atom is 0.339 e. The molecular formula is C12H7ClN2O5. The number of hydrogen-bond donors (Lipinski definition) is 1. The number of aromatic carboxylic acids is 1. The monoisotopic (exact) mass is 294 g/mol. The summed E-state index contributed by atoms with van der Waals surface area (Å²) in [7, 11) is 0. The van der Waals surface area contributed by atoms with Crippen LogP contribution in [0.1, 0.15) is 10.4 Å². The Morgan fingerprint density at radius 3 is 2.75 bits per heavy atom. The van der Waals surface area contributed by atoms with Crippen LogP contribution in [0.5, 0.6) is 11.5 Å². The molecule has 0 aliphatic carbocycles. The molecule has 0 atom stereocenters. The Bertz CT molecular complexity index is 689. The summed E-state index contributed by atoms with van der Waals surface area (Å²) in [6, 6.07) is 5.19. The third-order valence-corrected chi connectivity index (χ3v) is 2.59. The number of hydrogen-bond acceptors (Lipinski definition) is 5. The predicted molar refractivity (Wildman–Crippen MR) is 69.4 cm³/mol.